The van der Waals surface area contributed by atoms with Crippen LogP contribution in [0.25, 0.3) is 0 Å². The predicted molar refractivity (Wildman–Crippen MR) is 125 cm³/mol. The summed E-state index contributed by atoms with van der Waals surface area (Å²) < 4.78 is 5.64. The van der Waals surface area contributed by atoms with E-state index in [1.54, 1.807) is 0 Å². The van der Waals surface area contributed by atoms with Crippen molar-refractivity contribution in [2.24, 2.45) is 4.99 Å². The zero-order valence-corrected chi connectivity index (χ0v) is 19.7. The third-order valence-corrected chi connectivity index (χ3v) is 4.76. The van der Waals surface area contributed by atoms with E-state index in [1.807, 2.05) is 7.05 Å². The number of guanidine groups is 1. The van der Waals surface area contributed by atoms with Crippen LogP contribution in [0, 0.1) is 0 Å². The summed E-state index contributed by atoms with van der Waals surface area (Å²) in [6.07, 6.45) is 3.87. The summed E-state index contributed by atoms with van der Waals surface area (Å²) in [4.78, 5) is 6.93. The number of likely N-dealkylation sites (tertiary alicyclic amines) is 1. The maximum Gasteiger partial charge on any atom is 0.191 e. The Morgan fingerprint density at radius 3 is 2.37 bits per heavy atom. The Morgan fingerprint density at radius 1 is 1.19 bits per heavy atom. The number of hydrogen-bond donors (Lipinski definition) is 2. The SMILES string of the molecule is CCCN1CCC(NC(=NC)NCc2ccc(COC(C)C)cc2)CC1.I. The summed E-state index contributed by atoms with van der Waals surface area (Å²) >= 11 is 0. The summed E-state index contributed by atoms with van der Waals surface area (Å²) in [5.41, 5.74) is 2.46. The van der Waals surface area contributed by atoms with E-state index < -0.39 is 0 Å². The molecule has 0 spiro atoms. The van der Waals surface area contributed by atoms with Gasteiger partial charge in [-0.2, -0.15) is 0 Å². The summed E-state index contributed by atoms with van der Waals surface area (Å²) in [5.74, 6) is 0.895. The second-order valence-electron chi connectivity index (χ2n) is 7.36. The highest BCUT2D eigenvalue weighted by molar-refractivity contribution is 14.0. The monoisotopic (exact) mass is 488 g/mol. The average molecular weight is 488 g/mol. The van der Waals surface area contributed by atoms with E-state index in [2.05, 4.69) is 65.6 Å². The molecule has 1 aromatic rings. The average Bonchev–Trinajstić information content (AvgIpc) is 2.66. The Bertz CT molecular complexity index is 540. The Morgan fingerprint density at radius 2 is 1.81 bits per heavy atom. The molecule has 0 aromatic heterocycles. The van der Waals surface area contributed by atoms with Crippen LogP contribution < -0.4 is 10.6 Å². The number of piperidine rings is 1. The van der Waals surface area contributed by atoms with Crippen molar-refractivity contribution < 1.29 is 4.74 Å². The number of nitrogens with one attached hydrogen (secondary N) is 2. The highest BCUT2D eigenvalue weighted by Gasteiger charge is 2.19. The number of benzene rings is 1. The minimum absolute atomic E-state index is 0. The van der Waals surface area contributed by atoms with Crippen LogP contribution in [0.15, 0.2) is 29.3 Å². The van der Waals surface area contributed by atoms with E-state index in [4.69, 9.17) is 4.74 Å². The van der Waals surface area contributed by atoms with Gasteiger partial charge >= 0.3 is 0 Å². The third-order valence-electron chi connectivity index (χ3n) is 4.76. The summed E-state index contributed by atoms with van der Waals surface area (Å²) in [6.45, 7) is 11.4. The molecule has 5 nitrogen and oxygen atoms in total. The molecule has 0 atom stereocenters. The molecule has 1 aromatic carbocycles. The van der Waals surface area contributed by atoms with Crippen LogP contribution in [0.5, 0.6) is 0 Å². The van der Waals surface area contributed by atoms with Crippen LogP contribution in [0.1, 0.15) is 51.2 Å². The fourth-order valence-electron chi connectivity index (χ4n) is 3.21. The largest absolute Gasteiger partial charge is 0.374 e. The molecule has 1 aliphatic heterocycles. The number of nitrogens with zero attached hydrogens (tertiary/aromatic N) is 2. The molecule has 2 N–H and O–H groups in total. The van der Waals surface area contributed by atoms with E-state index >= 15 is 0 Å². The number of aliphatic imine (C=N–C) groups is 1. The van der Waals surface area contributed by atoms with Crippen molar-refractivity contribution >= 4 is 29.9 Å². The second kappa shape index (κ2) is 13.3. The van der Waals surface area contributed by atoms with Crippen LogP contribution in [0.4, 0.5) is 0 Å². The van der Waals surface area contributed by atoms with Gasteiger partial charge in [-0.15, -0.1) is 24.0 Å². The maximum atomic E-state index is 5.64. The normalized spacial score (nSPS) is 16.3. The predicted octanol–water partition coefficient (Wildman–Crippen LogP) is 3.77. The quantitative estimate of drug-likeness (QED) is 0.333. The molecular formula is C21H37IN4O. The van der Waals surface area contributed by atoms with Gasteiger partial charge in [0.15, 0.2) is 5.96 Å². The first-order valence-corrected chi connectivity index (χ1v) is 9.99. The van der Waals surface area contributed by atoms with Crippen molar-refractivity contribution in [3.05, 3.63) is 35.4 Å². The maximum absolute atomic E-state index is 5.64. The van der Waals surface area contributed by atoms with E-state index in [0.29, 0.717) is 12.6 Å². The molecule has 27 heavy (non-hydrogen) atoms. The highest BCUT2D eigenvalue weighted by Crippen LogP contribution is 2.11. The van der Waals surface area contributed by atoms with Crippen molar-refractivity contribution in [1.29, 1.82) is 0 Å². The van der Waals surface area contributed by atoms with Crippen LogP contribution in [-0.4, -0.2) is 49.7 Å². The fourth-order valence-corrected chi connectivity index (χ4v) is 3.21. The van der Waals surface area contributed by atoms with Crippen molar-refractivity contribution in [2.45, 2.75) is 65.3 Å². The number of hydrogen-bond acceptors (Lipinski definition) is 3. The Labute approximate surface area is 182 Å². The third kappa shape index (κ3) is 9.25. The zero-order valence-electron chi connectivity index (χ0n) is 17.3. The van der Waals surface area contributed by atoms with E-state index in [1.165, 1.54) is 50.0 Å². The second-order valence-corrected chi connectivity index (χ2v) is 7.36. The van der Waals surface area contributed by atoms with Crippen molar-refractivity contribution in [3.63, 3.8) is 0 Å². The van der Waals surface area contributed by atoms with Crippen molar-refractivity contribution in [3.8, 4) is 0 Å². The molecule has 154 valence electrons. The van der Waals surface area contributed by atoms with Gasteiger partial charge in [0, 0.05) is 32.7 Å². The minimum Gasteiger partial charge on any atom is -0.374 e. The first-order valence-electron chi connectivity index (χ1n) is 9.99. The Kier molecular flexibility index (Phi) is 11.9. The molecule has 1 aliphatic rings. The summed E-state index contributed by atoms with van der Waals surface area (Å²) in [5, 5.41) is 7.01. The summed E-state index contributed by atoms with van der Waals surface area (Å²) in [7, 11) is 1.84. The van der Waals surface area contributed by atoms with Crippen LogP contribution in [0.3, 0.4) is 0 Å². The molecule has 0 radical (unpaired) electrons. The number of ether oxygens (including phenoxy) is 1. The Balaban J connectivity index is 0.00000364. The molecule has 0 saturated carbocycles. The molecule has 0 bridgehead atoms. The molecular weight excluding hydrogens is 451 g/mol. The van der Waals surface area contributed by atoms with Crippen LogP contribution in [-0.2, 0) is 17.9 Å². The highest BCUT2D eigenvalue weighted by atomic mass is 127. The van der Waals surface area contributed by atoms with Gasteiger partial charge in [-0.1, -0.05) is 31.2 Å². The number of halogens is 1. The van der Waals surface area contributed by atoms with Gasteiger partial charge in [-0.3, -0.25) is 4.99 Å². The van der Waals surface area contributed by atoms with Gasteiger partial charge in [0.25, 0.3) is 0 Å². The van der Waals surface area contributed by atoms with Crippen molar-refractivity contribution in [1.82, 2.24) is 15.5 Å². The number of rotatable bonds is 8. The van der Waals surface area contributed by atoms with Gasteiger partial charge < -0.3 is 20.3 Å². The molecule has 0 amide bonds. The van der Waals surface area contributed by atoms with Crippen LogP contribution in [0.2, 0.25) is 0 Å². The van der Waals surface area contributed by atoms with Crippen molar-refractivity contribution in [2.75, 3.05) is 26.7 Å². The lowest BCUT2D eigenvalue weighted by molar-refractivity contribution is 0.0657. The zero-order chi connectivity index (χ0) is 18.8. The van der Waals surface area contributed by atoms with Gasteiger partial charge in [-0.05, 0) is 50.8 Å². The minimum atomic E-state index is 0. The lowest BCUT2D eigenvalue weighted by Gasteiger charge is -2.32. The fraction of sp³-hybridized carbons (Fsp3) is 0.667. The lowest BCUT2D eigenvalue weighted by atomic mass is 10.1. The molecule has 0 aliphatic carbocycles. The van der Waals surface area contributed by atoms with Gasteiger partial charge in [0.05, 0.1) is 12.7 Å². The smallest absolute Gasteiger partial charge is 0.191 e. The molecule has 2 rings (SSSR count). The van der Waals surface area contributed by atoms with E-state index in [9.17, 15) is 0 Å². The van der Waals surface area contributed by atoms with E-state index in [-0.39, 0.29) is 30.1 Å². The Hall–Kier alpha value is -0.860. The van der Waals surface area contributed by atoms with Crippen LogP contribution >= 0.6 is 24.0 Å². The molecule has 1 saturated heterocycles. The summed E-state index contributed by atoms with van der Waals surface area (Å²) in [6, 6.07) is 9.10. The lowest BCUT2D eigenvalue weighted by Crippen LogP contribution is -2.48. The molecule has 1 heterocycles. The molecule has 1 fully saturated rings. The van der Waals surface area contributed by atoms with E-state index in [0.717, 1.165) is 12.5 Å². The first-order chi connectivity index (χ1) is 12.6. The van der Waals surface area contributed by atoms with Gasteiger partial charge in [0.1, 0.15) is 0 Å². The standard InChI is InChI=1S/C21H36N4O.HI/c1-5-12-25-13-10-20(11-14-25)24-21(22-4)23-15-18-6-8-19(9-7-18)16-26-17(2)3;/h6-9,17,20H,5,10-16H2,1-4H3,(H2,22,23,24);1H. The van der Waals surface area contributed by atoms with Gasteiger partial charge in [-0.25, -0.2) is 0 Å². The molecule has 0 unspecified atom stereocenters. The van der Waals surface area contributed by atoms with Gasteiger partial charge in [0.2, 0.25) is 0 Å². The molecule has 6 heteroatoms. The first kappa shape index (κ1) is 24.2. The topological polar surface area (TPSA) is 48.9 Å².